The fraction of sp³-hybridized carbons (Fsp3) is 0.292. The zero-order valence-corrected chi connectivity index (χ0v) is 35.6. The Hall–Kier alpha value is -6.08. The van der Waals surface area contributed by atoms with Gasteiger partial charge in [0, 0.05) is 35.5 Å². The van der Waals surface area contributed by atoms with Crippen LogP contribution in [0.1, 0.15) is 52.0 Å². The average molecular weight is 822 g/mol. The monoisotopic (exact) mass is 821 g/mol. The molecule has 2 amide bonds. The Labute approximate surface area is 351 Å². The van der Waals surface area contributed by atoms with Gasteiger partial charge in [-0.25, -0.2) is 0 Å². The second-order valence-electron chi connectivity index (χ2n) is 16.3. The highest BCUT2D eigenvalue weighted by Gasteiger charge is 2.66. The Kier molecular flexibility index (Phi) is 11.4. The number of carbonyl (C=O) groups is 2. The minimum absolute atomic E-state index is 0.00266. The number of carbonyl (C=O) groups excluding carboxylic acids is 2. The number of ether oxygens (including phenoxy) is 3. The van der Waals surface area contributed by atoms with E-state index in [1.807, 2.05) is 119 Å². The van der Waals surface area contributed by atoms with Gasteiger partial charge in [0.05, 0.1) is 58.8 Å². The molecule has 12 heteroatoms. The molecule has 0 radical (unpaired) electrons. The molecule has 1 fully saturated rings. The third kappa shape index (κ3) is 7.51. The van der Waals surface area contributed by atoms with E-state index in [0.717, 1.165) is 28.1 Å². The van der Waals surface area contributed by atoms with Crippen LogP contribution in [0.25, 0.3) is 0 Å². The molecule has 11 nitrogen and oxygen atoms in total. The van der Waals surface area contributed by atoms with Crippen molar-refractivity contribution in [2.75, 3.05) is 31.0 Å². The van der Waals surface area contributed by atoms with Crippen LogP contribution in [-0.2, 0) is 28.2 Å². The van der Waals surface area contributed by atoms with E-state index in [1.165, 1.54) is 5.19 Å². The van der Waals surface area contributed by atoms with Crippen molar-refractivity contribution in [2.24, 2.45) is 5.92 Å². The number of aliphatic hydroxyl groups is 1. The second kappa shape index (κ2) is 16.9. The van der Waals surface area contributed by atoms with Gasteiger partial charge in [0.2, 0.25) is 0 Å². The molecule has 0 saturated carbocycles. The molecular weight excluding hydrogens is 771 g/mol. The summed E-state index contributed by atoms with van der Waals surface area (Å²) in [5, 5.41) is 23.6. The van der Waals surface area contributed by atoms with Crippen LogP contribution in [0.2, 0.25) is 18.6 Å². The largest absolute Gasteiger partial charge is 0.497 e. The molecule has 1 unspecified atom stereocenters. The zero-order chi connectivity index (χ0) is 42.0. The Balaban J connectivity index is 1.14. The highest BCUT2D eigenvalue weighted by Crippen LogP contribution is 2.60. The van der Waals surface area contributed by atoms with Crippen molar-refractivity contribution < 1.29 is 28.9 Å². The van der Waals surface area contributed by atoms with Crippen LogP contribution in [0.3, 0.4) is 0 Å². The Morgan fingerprint density at radius 3 is 2.30 bits per heavy atom. The maximum atomic E-state index is 15.4. The number of hydrogen-bond donors (Lipinski definition) is 2. The Morgan fingerprint density at radius 1 is 0.900 bits per heavy atom. The molecule has 6 aromatic rings. The zero-order valence-electron chi connectivity index (χ0n) is 34.6. The summed E-state index contributed by atoms with van der Waals surface area (Å²) in [7, 11) is 0.878. The van der Waals surface area contributed by atoms with E-state index in [9.17, 15) is 9.90 Å². The van der Waals surface area contributed by atoms with E-state index in [0.29, 0.717) is 35.7 Å². The van der Waals surface area contributed by atoms with Gasteiger partial charge in [-0.05, 0) is 77.7 Å². The summed E-state index contributed by atoms with van der Waals surface area (Å²) >= 11 is 0. The fourth-order valence-corrected chi connectivity index (χ4v) is 13.5. The lowest BCUT2D eigenvalue weighted by Crippen LogP contribution is -2.51. The van der Waals surface area contributed by atoms with Gasteiger partial charge in [-0.2, -0.15) is 0 Å². The minimum Gasteiger partial charge on any atom is -0.497 e. The van der Waals surface area contributed by atoms with E-state index >= 15 is 4.79 Å². The molecule has 5 atom stereocenters. The minimum atomic E-state index is -2.42. The highest BCUT2D eigenvalue weighted by atomic mass is 28.3. The molecule has 3 heterocycles. The van der Waals surface area contributed by atoms with Crippen molar-refractivity contribution >= 4 is 36.4 Å². The number of methoxy groups -OCH3 is 2. The summed E-state index contributed by atoms with van der Waals surface area (Å²) in [6.45, 7) is 7.59. The van der Waals surface area contributed by atoms with Gasteiger partial charge in [-0.15, -0.1) is 5.10 Å². The lowest BCUT2D eigenvalue weighted by Gasteiger charge is -2.37. The summed E-state index contributed by atoms with van der Waals surface area (Å²) in [4.78, 5) is 30.3. The molecule has 0 bridgehead atoms. The van der Waals surface area contributed by atoms with Crippen LogP contribution in [0, 0.1) is 5.92 Å². The Bertz CT molecular complexity index is 2460. The molecule has 1 saturated heterocycles. The summed E-state index contributed by atoms with van der Waals surface area (Å²) in [5.74, 6) is 0.575. The molecule has 0 aliphatic carbocycles. The number of hydrogen-bond acceptors (Lipinski definition) is 8. The molecule has 2 aliphatic rings. The summed E-state index contributed by atoms with van der Waals surface area (Å²) in [5.41, 5.74) is 3.99. The van der Waals surface area contributed by atoms with E-state index in [1.54, 1.807) is 26.4 Å². The molecule has 1 aromatic heterocycles. The van der Waals surface area contributed by atoms with Crippen LogP contribution in [0.4, 0.5) is 11.4 Å². The van der Waals surface area contributed by atoms with Crippen molar-refractivity contribution in [3.63, 3.8) is 0 Å². The van der Waals surface area contributed by atoms with Gasteiger partial charge < -0.3 is 29.5 Å². The van der Waals surface area contributed by atoms with Gasteiger partial charge in [0.25, 0.3) is 11.8 Å². The number of nitrogens with one attached hydrogen (secondary N) is 1. The van der Waals surface area contributed by atoms with E-state index in [2.05, 4.69) is 47.8 Å². The topological polar surface area (TPSA) is 128 Å². The molecule has 2 N–H and O–H groups in total. The third-order valence-electron chi connectivity index (χ3n) is 12.5. The van der Waals surface area contributed by atoms with E-state index in [-0.39, 0.29) is 48.4 Å². The van der Waals surface area contributed by atoms with Gasteiger partial charge in [0.1, 0.15) is 11.5 Å². The fourth-order valence-electron chi connectivity index (χ4n) is 9.47. The maximum absolute atomic E-state index is 15.4. The standard InChI is InChI=1S/C48H51N5O6Si/c1-32-45(60(4,5)39-22-19-37(57-2)20-23-39)44(25-26-52-30-42(50-51-52)40(31-54)34-14-8-6-9-15-34)59-48(32)41-28-38(58-3)21-24-43(41)53(47(48)56)29-33-13-12-18-36(27-33)49-46(55)35-16-10-7-11-17-35/h6-24,27-28,30,32,40,44-45,54H,25-26,29,31H2,1-5H3,(H,49,55)/t32-,40?,44+,45-,48+/m0/s1. The number of amides is 2. The van der Waals surface area contributed by atoms with Crippen molar-refractivity contribution in [1.82, 2.24) is 15.0 Å². The lowest BCUT2D eigenvalue weighted by molar-refractivity contribution is -0.146. The molecule has 5 aromatic carbocycles. The number of benzene rings is 5. The molecule has 2 aliphatic heterocycles. The van der Waals surface area contributed by atoms with E-state index < -0.39 is 13.7 Å². The summed E-state index contributed by atoms with van der Waals surface area (Å²) < 4.78 is 20.5. The number of aromatic nitrogens is 3. The van der Waals surface area contributed by atoms with Crippen LogP contribution in [0.5, 0.6) is 11.5 Å². The quantitative estimate of drug-likeness (QED) is 0.108. The van der Waals surface area contributed by atoms with Crippen LogP contribution in [0.15, 0.2) is 134 Å². The first-order valence-corrected chi connectivity index (χ1v) is 23.5. The number of aryl methyl sites for hydroxylation is 1. The van der Waals surface area contributed by atoms with Gasteiger partial charge >= 0.3 is 0 Å². The Morgan fingerprint density at radius 2 is 1.60 bits per heavy atom. The highest BCUT2D eigenvalue weighted by molar-refractivity contribution is 6.91. The molecular formula is C48H51N5O6Si. The van der Waals surface area contributed by atoms with Crippen molar-refractivity contribution in [2.45, 2.75) is 62.7 Å². The number of nitrogens with zero attached hydrogens (tertiary/aromatic N) is 4. The van der Waals surface area contributed by atoms with Crippen LogP contribution < -0.4 is 24.9 Å². The average Bonchev–Trinajstić information content (AvgIpc) is 3.93. The van der Waals surface area contributed by atoms with E-state index in [4.69, 9.17) is 14.2 Å². The predicted molar refractivity (Wildman–Crippen MR) is 235 cm³/mol. The number of aliphatic hydroxyl groups excluding tert-OH is 1. The number of rotatable bonds is 14. The van der Waals surface area contributed by atoms with Gasteiger partial charge in [0.15, 0.2) is 5.60 Å². The van der Waals surface area contributed by atoms with Crippen molar-refractivity contribution in [3.8, 4) is 11.5 Å². The first kappa shape index (κ1) is 40.7. The number of fused-ring (bicyclic) bond motifs is 2. The SMILES string of the molecule is COc1ccc([Si](C)(C)[C@@H]2[C@@H](CCn3cc(C(CO)c4ccccc4)nn3)O[C@]3(C(=O)N(Cc4cccc(NC(=O)c5ccccc5)c4)c4ccc(OC)cc43)[C@H]2C)cc1. The first-order chi connectivity index (χ1) is 29.1. The van der Waals surface area contributed by atoms with Crippen LogP contribution >= 0.6 is 0 Å². The lowest BCUT2D eigenvalue weighted by atomic mass is 9.82. The summed E-state index contributed by atoms with van der Waals surface area (Å²) in [6, 6.07) is 40.7. The third-order valence-corrected chi connectivity index (χ3v) is 16.9. The normalized spacial score (nSPS) is 20.3. The summed E-state index contributed by atoms with van der Waals surface area (Å²) in [6.07, 6.45) is 2.16. The number of anilines is 2. The smallest absolute Gasteiger partial charge is 0.264 e. The van der Waals surface area contributed by atoms with Gasteiger partial charge in [-0.1, -0.05) is 103 Å². The van der Waals surface area contributed by atoms with Crippen molar-refractivity contribution in [3.05, 3.63) is 162 Å². The molecule has 8 rings (SSSR count). The maximum Gasteiger partial charge on any atom is 0.264 e. The molecule has 1 spiro atoms. The van der Waals surface area contributed by atoms with Crippen LogP contribution in [-0.4, -0.2) is 66.9 Å². The second-order valence-corrected chi connectivity index (χ2v) is 21.0. The molecule has 308 valence electrons. The van der Waals surface area contributed by atoms with Gasteiger partial charge in [-0.3, -0.25) is 14.3 Å². The first-order valence-electron chi connectivity index (χ1n) is 20.4. The predicted octanol–water partition coefficient (Wildman–Crippen LogP) is 7.52. The molecule has 60 heavy (non-hydrogen) atoms. The van der Waals surface area contributed by atoms with Crippen molar-refractivity contribution in [1.29, 1.82) is 0 Å².